The van der Waals surface area contributed by atoms with Crippen LogP contribution in [0.3, 0.4) is 0 Å². The molecule has 0 bridgehead atoms. The quantitative estimate of drug-likeness (QED) is 0.582. The number of carbonyl (C=O) groups excluding carboxylic acids is 1. The summed E-state index contributed by atoms with van der Waals surface area (Å²) >= 11 is 1.43. The molecule has 1 atom stereocenters. The van der Waals surface area contributed by atoms with E-state index in [-0.39, 0.29) is 6.03 Å². The number of amides is 2. The number of carbonyl (C=O) groups is 1. The van der Waals surface area contributed by atoms with Gasteiger partial charge in [-0.1, -0.05) is 0 Å². The zero-order valence-electron chi connectivity index (χ0n) is 14.3. The lowest BCUT2D eigenvalue weighted by atomic mass is 10.2. The average molecular weight is 372 g/mol. The first-order valence-corrected chi connectivity index (χ1v) is 9.05. The molecule has 1 aromatic carbocycles. The van der Waals surface area contributed by atoms with Crippen LogP contribution in [-0.4, -0.2) is 17.7 Å². The fourth-order valence-electron chi connectivity index (χ4n) is 2.37. The lowest BCUT2D eigenvalue weighted by Crippen LogP contribution is -2.27. The number of urea groups is 1. The highest BCUT2D eigenvalue weighted by molar-refractivity contribution is 7.12. The molecule has 0 spiro atoms. The molecule has 3 N–H and O–H groups in total. The van der Waals surface area contributed by atoms with E-state index in [9.17, 15) is 9.90 Å². The monoisotopic (exact) mass is 372 g/mol. The Kier molecular flexibility index (Phi) is 5.93. The van der Waals surface area contributed by atoms with Crippen LogP contribution in [0.25, 0.3) is 0 Å². The summed E-state index contributed by atoms with van der Waals surface area (Å²) in [7, 11) is 0. The molecule has 7 heteroatoms. The zero-order chi connectivity index (χ0) is 18.4. The summed E-state index contributed by atoms with van der Waals surface area (Å²) in [6.45, 7) is 2.90. The second kappa shape index (κ2) is 8.55. The van der Waals surface area contributed by atoms with Crippen LogP contribution in [-0.2, 0) is 6.54 Å². The molecule has 0 radical (unpaired) electrons. The molecule has 0 fully saturated rings. The first-order valence-electron chi connectivity index (χ1n) is 8.23. The number of benzene rings is 1. The van der Waals surface area contributed by atoms with Gasteiger partial charge in [0.1, 0.15) is 17.6 Å². The van der Waals surface area contributed by atoms with Crippen molar-refractivity contribution in [2.24, 2.45) is 0 Å². The van der Waals surface area contributed by atoms with Crippen molar-refractivity contribution in [2.75, 3.05) is 11.9 Å². The highest BCUT2D eigenvalue weighted by Gasteiger charge is 2.15. The Bertz CT molecular complexity index is 828. The third-order valence-corrected chi connectivity index (χ3v) is 4.75. The van der Waals surface area contributed by atoms with Gasteiger partial charge in [-0.3, -0.25) is 0 Å². The minimum atomic E-state index is -0.790. The fraction of sp³-hybridized carbons (Fsp3) is 0.211. The van der Waals surface area contributed by atoms with Crippen molar-refractivity contribution in [1.29, 1.82) is 0 Å². The Morgan fingerprint density at radius 1 is 1.23 bits per heavy atom. The van der Waals surface area contributed by atoms with Gasteiger partial charge in [0.25, 0.3) is 0 Å². The molecule has 3 aromatic rings. The van der Waals surface area contributed by atoms with Crippen molar-refractivity contribution in [3.8, 4) is 5.75 Å². The van der Waals surface area contributed by atoms with Crippen LogP contribution in [0.15, 0.2) is 59.2 Å². The molecule has 0 aliphatic rings. The van der Waals surface area contributed by atoms with E-state index in [1.807, 2.05) is 19.1 Å². The largest absolute Gasteiger partial charge is 0.494 e. The molecule has 6 nitrogen and oxygen atoms in total. The number of thiophene rings is 1. The molecular weight excluding hydrogens is 352 g/mol. The summed E-state index contributed by atoms with van der Waals surface area (Å²) in [4.78, 5) is 13.7. The van der Waals surface area contributed by atoms with Crippen molar-refractivity contribution >= 4 is 23.1 Å². The van der Waals surface area contributed by atoms with E-state index in [2.05, 4.69) is 10.6 Å². The number of nitrogens with one attached hydrogen (secondary N) is 2. The van der Waals surface area contributed by atoms with Gasteiger partial charge in [-0.05, 0) is 55.5 Å². The number of hydrogen-bond acceptors (Lipinski definition) is 5. The Labute approximate surface area is 155 Å². The SMILES string of the molecule is CCOc1ccc(NC(=O)NCc2ccc(C(O)c3ccco3)s2)cc1. The molecule has 2 amide bonds. The van der Waals surface area contributed by atoms with E-state index in [0.29, 0.717) is 24.6 Å². The fourth-order valence-corrected chi connectivity index (χ4v) is 3.31. The number of aliphatic hydroxyl groups is 1. The average Bonchev–Trinajstić information content (AvgIpc) is 3.33. The van der Waals surface area contributed by atoms with Crippen LogP contribution in [0.2, 0.25) is 0 Å². The number of anilines is 1. The molecule has 2 heterocycles. The molecule has 0 aliphatic carbocycles. The number of rotatable bonds is 7. The molecular formula is C19H20N2O4S. The first kappa shape index (κ1) is 18.0. The minimum Gasteiger partial charge on any atom is -0.494 e. The predicted octanol–water partition coefficient (Wildman–Crippen LogP) is 4.14. The highest BCUT2D eigenvalue weighted by atomic mass is 32.1. The summed E-state index contributed by atoms with van der Waals surface area (Å²) < 4.78 is 10.6. The van der Waals surface area contributed by atoms with Gasteiger partial charge in [0.2, 0.25) is 0 Å². The number of aliphatic hydroxyl groups excluding tert-OH is 1. The molecule has 0 aliphatic heterocycles. The lowest BCUT2D eigenvalue weighted by molar-refractivity contribution is 0.193. The van der Waals surface area contributed by atoms with Gasteiger partial charge in [0, 0.05) is 15.4 Å². The number of hydrogen-bond donors (Lipinski definition) is 3. The van der Waals surface area contributed by atoms with E-state index in [1.54, 1.807) is 36.4 Å². The first-order chi connectivity index (χ1) is 12.7. The summed E-state index contributed by atoms with van der Waals surface area (Å²) in [6, 6.07) is 14.1. The molecule has 26 heavy (non-hydrogen) atoms. The van der Waals surface area contributed by atoms with E-state index in [4.69, 9.17) is 9.15 Å². The number of furan rings is 1. The van der Waals surface area contributed by atoms with Crippen LogP contribution < -0.4 is 15.4 Å². The van der Waals surface area contributed by atoms with Crippen LogP contribution in [0.1, 0.15) is 28.5 Å². The van der Waals surface area contributed by atoms with Crippen molar-refractivity contribution in [2.45, 2.75) is 19.6 Å². The Morgan fingerprint density at radius 2 is 2.04 bits per heavy atom. The third-order valence-electron chi connectivity index (χ3n) is 3.61. The molecule has 0 saturated heterocycles. The summed E-state index contributed by atoms with van der Waals surface area (Å²) in [5.41, 5.74) is 0.686. The highest BCUT2D eigenvalue weighted by Crippen LogP contribution is 2.28. The van der Waals surface area contributed by atoms with Crippen molar-refractivity contribution in [1.82, 2.24) is 5.32 Å². The van der Waals surface area contributed by atoms with Gasteiger partial charge in [0.15, 0.2) is 0 Å². The van der Waals surface area contributed by atoms with E-state index >= 15 is 0 Å². The van der Waals surface area contributed by atoms with Crippen molar-refractivity contribution in [3.63, 3.8) is 0 Å². The third kappa shape index (κ3) is 4.65. The van der Waals surface area contributed by atoms with Crippen LogP contribution in [0.4, 0.5) is 10.5 Å². The van der Waals surface area contributed by atoms with Gasteiger partial charge in [-0.25, -0.2) is 4.79 Å². The maximum atomic E-state index is 12.0. The normalized spacial score (nSPS) is 11.8. The number of ether oxygens (including phenoxy) is 1. The second-order valence-corrected chi connectivity index (χ2v) is 6.69. The van der Waals surface area contributed by atoms with Crippen LogP contribution >= 0.6 is 11.3 Å². The predicted molar refractivity (Wildman–Crippen MR) is 101 cm³/mol. The van der Waals surface area contributed by atoms with Gasteiger partial charge < -0.3 is 24.9 Å². The molecule has 2 aromatic heterocycles. The molecule has 1 unspecified atom stereocenters. The Balaban J connectivity index is 1.50. The van der Waals surface area contributed by atoms with Gasteiger partial charge in [-0.2, -0.15) is 0 Å². The Hall–Kier alpha value is -2.77. The Morgan fingerprint density at radius 3 is 2.73 bits per heavy atom. The van der Waals surface area contributed by atoms with E-state index in [0.717, 1.165) is 15.5 Å². The van der Waals surface area contributed by atoms with Gasteiger partial charge in [0.05, 0.1) is 19.4 Å². The van der Waals surface area contributed by atoms with Crippen molar-refractivity contribution < 1.29 is 19.1 Å². The summed E-state index contributed by atoms with van der Waals surface area (Å²) in [6.07, 6.45) is 0.737. The van der Waals surface area contributed by atoms with E-state index < -0.39 is 6.10 Å². The van der Waals surface area contributed by atoms with E-state index in [1.165, 1.54) is 17.6 Å². The van der Waals surface area contributed by atoms with Crippen LogP contribution in [0.5, 0.6) is 5.75 Å². The zero-order valence-corrected chi connectivity index (χ0v) is 15.1. The van der Waals surface area contributed by atoms with Crippen LogP contribution in [0, 0.1) is 0 Å². The molecule has 136 valence electrons. The minimum absolute atomic E-state index is 0.296. The molecule has 3 rings (SSSR count). The standard InChI is InChI=1S/C19H20N2O4S/c1-2-24-14-7-5-13(6-8-14)21-19(23)20-12-15-9-10-17(26-15)18(22)16-4-3-11-25-16/h3-11,18,22H,2,12H2,1H3,(H2,20,21,23). The topological polar surface area (TPSA) is 83.7 Å². The van der Waals surface area contributed by atoms with Gasteiger partial charge in [-0.15, -0.1) is 11.3 Å². The maximum Gasteiger partial charge on any atom is 0.319 e. The smallest absolute Gasteiger partial charge is 0.319 e. The maximum absolute atomic E-state index is 12.0. The lowest BCUT2D eigenvalue weighted by Gasteiger charge is -2.08. The van der Waals surface area contributed by atoms with Crippen molar-refractivity contribution in [3.05, 3.63) is 70.3 Å². The molecule has 0 saturated carbocycles. The second-order valence-electron chi connectivity index (χ2n) is 5.49. The summed E-state index contributed by atoms with van der Waals surface area (Å²) in [5.74, 6) is 1.26. The summed E-state index contributed by atoms with van der Waals surface area (Å²) in [5, 5.41) is 15.8. The van der Waals surface area contributed by atoms with Gasteiger partial charge >= 0.3 is 6.03 Å².